The van der Waals surface area contributed by atoms with Crippen molar-refractivity contribution in [3.05, 3.63) is 48.6 Å². The maximum Gasteiger partial charge on any atom is 0.335 e. The van der Waals surface area contributed by atoms with Crippen LogP contribution < -0.4 is 0 Å². The Labute approximate surface area is 107 Å². The third-order valence-electron chi connectivity index (χ3n) is 1.78. The topological polar surface area (TPSA) is 66.8 Å². The number of rotatable bonds is 3. The molecule has 0 aliphatic heterocycles. The van der Waals surface area contributed by atoms with Crippen molar-refractivity contribution < 1.29 is 19.7 Å². The lowest BCUT2D eigenvalue weighted by molar-refractivity contribution is -0.159. The molecular weight excluding hydrogens is 232 g/mol. The maximum absolute atomic E-state index is 10.5. The number of phenols is 1. The summed E-state index contributed by atoms with van der Waals surface area (Å²) in [7, 11) is 0. The van der Waals surface area contributed by atoms with Crippen molar-refractivity contribution >= 4 is 12.0 Å². The third-order valence-corrected chi connectivity index (χ3v) is 1.78. The van der Waals surface area contributed by atoms with Crippen LogP contribution in [0.4, 0.5) is 0 Å². The van der Waals surface area contributed by atoms with Gasteiger partial charge in [-0.3, -0.25) is 0 Å². The van der Waals surface area contributed by atoms with Crippen LogP contribution in [0.1, 0.15) is 19.4 Å². The first kappa shape index (κ1) is 15.9. The molecule has 1 aromatic carbocycles. The molecule has 0 fully saturated rings. The number of para-hydroxylation sites is 1. The van der Waals surface area contributed by atoms with Gasteiger partial charge in [0.1, 0.15) is 5.75 Å². The molecular formula is C14H18O4. The fourth-order valence-corrected chi connectivity index (χ4v) is 0.916. The number of hydrogen-bond acceptors (Lipinski definition) is 4. The molecule has 0 aromatic heterocycles. The van der Waals surface area contributed by atoms with E-state index in [1.54, 1.807) is 18.2 Å². The average molecular weight is 250 g/mol. The van der Waals surface area contributed by atoms with E-state index in [0.717, 1.165) is 5.56 Å². The predicted molar refractivity (Wildman–Crippen MR) is 70.8 cm³/mol. The number of ether oxygens (including phenoxy) is 1. The lowest BCUT2D eigenvalue weighted by Crippen LogP contribution is -2.13. The summed E-state index contributed by atoms with van der Waals surface area (Å²) in [6.07, 6.45) is 0.573. The van der Waals surface area contributed by atoms with E-state index in [1.165, 1.54) is 13.8 Å². The van der Waals surface area contributed by atoms with Crippen molar-refractivity contribution in [2.24, 2.45) is 0 Å². The Morgan fingerprint density at radius 2 is 2.00 bits per heavy atom. The standard InChI is InChI=1S/C8H8O.C6H10O3/c1-2-7-5-3-4-6-8(7)9;1-4(2)6(8)9-5(3)7/h2-6,9H,1H2;5,7H,1H2,2-3H3. The minimum atomic E-state index is -1.05. The molecule has 4 heteroatoms. The van der Waals surface area contributed by atoms with Gasteiger partial charge in [-0.15, -0.1) is 0 Å². The molecule has 0 radical (unpaired) electrons. The molecule has 0 bridgehead atoms. The Balaban J connectivity index is 0.000000321. The second-order valence-corrected chi connectivity index (χ2v) is 3.55. The van der Waals surface area contributed by atoms with Crippen LogP contribution in [-0.4, -0.2) is 22.5 Å². The Kier molecular flexibility index (Phi) is 7.15. The molecule has 98 valence electrons. The van der Waals surface area contributed by atoms with Crippen molar-refractivity contribution in [1.29, 1.82) is 0 Å². The second-order valence-electron chi connectivity index (χ2n) is 3.55. The molecule has 4 nitrogen and oxygen atoms in total. The van der Waals surface area contributed by atoms with Crippen molar-refractivity contribution in [3.8, 4) is 5.75 Å². The number of hydrogen-bond donors (Lipinski definition) is 2. The van der Waals surface area contributed by atoms with Crippen molar-refractivity contribution in [2.75, 3.05) is 0 Å². The Bertz CT molecular complexity index is 422. The zero-order valence-electron chi connectivity index (χ0n) is 10.6. The van der Waals surface area contributed by atoms with Gasteiger partial charge in [0.15, 0.2) is 6.29 Å². The van der Waals surface area contributed by atoms with Crippen molar-refractivity contribution in [2.45, 2.75) is 20.1 Å². The lowest BCUT2D eigenvalue weighted by Gasteiger charge is -2.04. The second kappa shape index (κ2) is 8.08. The smallest absolute Gasteiger partial charge is 0.335 e. The fourth-order valence-electron chi connectivity index (χ4n) is 0.916. The van der Waals surface area contributed by atoms with E-state index in [-0.39, 0.29) is 11.3 Å². The highest BCUT2D eigenvalue weighted by Crippen LogP contribution is 2.15. The quantitative estimate of drug-likeness (QED) is 0.491. The molecule has 0 spiro atoms. The summed E-state index contributed by atoms with van der Waals surface area (Å²) in [5.41, 5.74) is 1.06. The SMILES string of the molecule is C=C(C)C(=O)OC(C)O.C=Cc1ccccc1O. The van der Waals surface area contributed by atoms with Gasteiger partial charge in [-0.05, 0) is 19.9 Å². The van der Waals surface area contributed by atoms with Gasteiger partial charge in [0.25, 0.3) is 0 Å². The van der Waals surface area contributed by atoms with E-state index in [2.05, 4.69) is 17.9 Å². The molecule has 0 heterocycles. The molecule has 1 unspecified atom stereocenters. The van der Waals surface area contributed by atoms with E-state index in [0.29, 0.717) is 0 Å². The van der Waals surface area contributed by atoms with Gasteiger partial charge in [0, 0.05) is 11.1 Å². The number of aliphatic hydroxyl groups excluding tert-OH is 1. The summed E-state index contributed by atoms with van der Waals surface area (Å²) >= 11 is 0. The van der Waals surface area contributed by atoms with Crippen LogP contribution in [0.2, 0.25) is 0 Å². The number of phenolic OH excluding ortho intramolecular Hbond substituents is 1. The molecule has 0 aliphatic carbocycles. The van der Waals surface area contributed by atoms with Crippen LogP contribution >= 0.6 is 0 Å². The van der Waals surface area contributed by atoms with Gasteiger partial charge in [0.2, 0.25) is 0 Å². The van der Waals surface area contributed by atoms with Crippen molar-refractivity contribution in [3.63, 3.8) is 0 Å². The number of carbonyl (C=O) groups is 1. The van der Waals surface area contributed by atoms with E-state index in [1.807, 2.05) is 12.1 Å². The fraction of sp³-hybridized carbons (Fsp3) is 0.214. The minimum Gasteiger partial charge on any atom is -0.507 e. The first-order chi connectivity index (χ1) is 8.38. The molecule has 1 atom stereocenters. The summed E-state index contributed by atoms with van der Waals surface area (Å²) in [4.78, 5) is 10.5. The van der Waals surface area contributed by atoms with Crippen LogP contribution in [0, 0.1) is 0 Å². The molecule has 0 amide bonds. The van der Waals surface area contributed by atoms with Crippen LogP contribution in [-0.2, 0) is 9.53 Å². The van der Waals surface area contributed by atoms with Gasteiger partial charge >= 0.3 is 5.97 Å². The molecule has 1 rings (SSSR count). The Hall–Kier alpha value is -2.07. The molecule has 1 aromatic rings. The van der Waals surface area contributed by atoms with Gasteiger partial charge in [-0.25, -0.2) is 4.79 Å². The van der Waals surface area contributed by atoms with E-state index in [9.17, 15) is 4.79 Å². The molecule has 0 saturated carbocycles. The summed E-state index contributed by atoms with van der Waals surface area (Å²) in [5.74, 6) is -0.280. The van der Waals surface area contributed by atoms with Gasteiger partial charge in [-0.2, -0.15) is 0 Å². The third kappa shape index (κ3) is 6.50. The molecule has 18 heavy (non-hydrogen) atoms. The molecule has 0 saturated heterocycles. The van der Waals surface area contributed by atoms with Crippen LogP contribution in [0.15, 0.2) is 43.0 Å². The van der Waals surface area contributed by atoms with Gasteiger partial charge < -0.3 is 14.9 Å². The summed E-state index contributed by atoms with van der Waals surface area (Å²) < 4.78 is 4.33. The lowest BCUT2D eigenvalue weighted by atomic mass is 10.2. The molecule has 2 N–H and O–H groups in total. The highest BCUT2D eigenvalue weighted by molar-refractivity contribution is 5.86. The first-order valence-corrected chi connectivity index (χ1v) is 5.33. The number of carbonyl (C=O) groups excluding carboxylic acids is 1. The number of aromatic hydroxyl groups is 1. The van der Waals surface area contributed by atoms with Gasteiger partial charge in [0.05, 0.1) is 0 Å². The summed E-state index contributed by atoms with van der Waals surface area (Å²) in [5, 5.41) is 17.5. The molecule has 0 aliphatic rings. The van der Waals surface area contributed by atoms with Crippen LogP contribution in [0.3, 0.4) is 0 Å². The maximum atomic E-state index is 10.5. The first-order valence-electron chi connectivity index (χ1n) is 5.33. The van der Waals surface area contributed by atoms with E-state index < -0.39 is 12.3 Å². The van der Waals surface area contributed by atoms with Crippen LogP contribution in [0.5, 0.6) is 5.75 Å². The van der Waals surface area contributed by atoms with Gasteiger partial charge in [-0.1, -0.05) is 37.4 Å². The Morgan fingerprint density at radius 1 is 1.44 bits per heavy atom. The highest BCUT2D eigenvalue weighted by atomic mass is 16.6. The monoisotopic (exact) mass is 250 g/mol. The largest absolute Gasteiger partial charge is 0.507 e. The zero-order chi connectivity index (χ0) is 14.1. The number of esters is 1. The average Bonchev–Trinajstić information content (AvgIpc) is 2.29. The summed E-state index contributed by atoms with van der Waals surface area (Å²) in [6, 6.07) is 7.08. The van der Waals surface area contributed by atoms with Crippen molar-refractivity contribution in [1.82, 2.24) is 0 Å². The number of benzene rings is 1. The summed E-state index contributed by atoms with van der Waals surface area (Å²) in [6.45, 7) is 9.73. The zero-order valence-corrected chi connectivity index (χ0v) is 10.6. The van der Waals surface area contributed by atoms with E-state index in [4.69, 9.17) is 10.2 Å². The normalized spacial score (nSPS) is 10.6. The Morgan fingerprint density at radius 3 is 2.28 bits per heavy atom. The van der Waals surface area contributed by atoms with E-state index >= 15 is 0 Å². The van der Waals surface area contributed by atoms with Crippen LogP contribution in [0.25, 0.3) is 6.08 Å². The predicted octanol–water partition coefficient (Wildman–Crippen LogP) is 2.48. The number of aliphatic hydroxyl groups is 1. The highest BCUT2D eigenvalue weighted by Gasteiger charge is 2.04. The minimum absolute atomic E-state index is 0.285.